The highest BCUT2D eigenvalue weighted by atomic mass is 79.9. The maximum atomic E-state index is 11.2. The van der Waals surface area contributed by atoms with Gasteiger partial charge in [-0.05, 0) is 54.7 Å². The van der Waals surface area contributed by atoms with E-state index < -0.39 is 0 Å². The van der Waals surface area contributed by atoms with Gasteiger partial charge < -0.3 is 4.74 Å². The van der Waals surface area contributed by atoms with Crippen molar-refractivity contribution in [3.05, 3.63) is 13.7 Å². The number of ether oxygens (including phenoxy) is 1. The Balaban J connectivity index is 2.77. The van der Waals surface area contributed by atoms with Crippen molar-refractivity contribution in [1.29, 1.82) is 0 Å². The molecule has 0 unspecified atom stereocenters. The predicted molar refractivity (Wildman–Crippen MR) is 62.0 cm³/mol. The van der Waals surface area contributed by atoms with Crippen LogP contribution in [-0.2, 0) is 16.1 Å². The summed E-state index contributed by atoms with van der Waals surface area (Å²) in [6.07, 6.45) is 0. The summed E-state index contributed by atoms with van der Waals surface area (Å²) in [5, 5.41) is 4.07. The lowest BCUT2D eigenvalue weighted by atomic mass is 10.6. The normalized spacial score (nSPS) is 10.3. The van der Waals surface area contributed by atoms with Gasteiger partial charge in [-0.25, -0.2) is 4.68 Å². The van der Waals surface area contributed by atoms with Crippen molar-refractivity contribution in [2.45, 2.75) is 13.5 Å². The molecule has 0 aliphatic rings. The minimum Gasteiger partial charge on any atom is -0.465 e. The zero-order valence-corrected chi connectivity index (χ0v) is 12.0. The molecule has 0 radical (unpaired) electrons. The Morgan fingerprint density at radius 3 is 2.57 bits per heavy atom. The zero-order valence-electron chi connectivity index (χ0n) is 7.26. The molecular weight excluding hydrogens is 384 g/mol. The van der Waals surface area contributed by atoms with Crippen LogP contribution in [0.4, 0.5) is 0 Å². The van der Waals surface area contributed by atoms with E-state index in [0.717, 1.165) is 4.47 Å². The van der Waals surface area contributed by atoms with Crippen molar-refractivity contribution in [3.63, 3.8) is 0 Å². The van der Waals surface area contributed by atoms with Gasteiger partial charge in [-0.1, -0.05) is 0 Å². The molecule has 14 heavy (non-hydrogen) atoms. The van der Waals surface area contributed by atoms with Gasteiger partial charge in [-0.2, -0.15) is 5.10 Å². The Bertz CT molecular complexity index is 351. The van der Waals surface area contributed by atoms with E-state index >= 15 is 0 Å². The zero-order chi connectivity index (χ0) is 10.7. The fourth-order valence-corrected chi connectivity index (χ4v) is 2.15. The largest absolute Gasteiger partial charge is 0.465 e. The first kappa shape index (κ1) is 12.2. The van der Waals surface area contributed by atoms with Crippen LogP contribution in [0.3, 0.4) is 0 Å². The van der Waals surface area contributed by atoms with E-state index in [0.29, 0.717) is 15.8 Å². The quantitative estimate of drug-likeness (QED) is 0.745. The van der Waals surface area contributed by atoms with Crippen LogP contribution >= 0.6 is 47.8 Å². The summed E-state index contributed by atoms with van der Waals surface area (Å²) in [5.74, 6) is -0.310. The number of aromatic nitrogens is 2. The highest BCUT2D eigenvalue weighted by molar-refractivity contribution is 9.14. The number of carbonyl (C=O) groups is 1. The molecule has 0 saturated heterocycles. The van der Waals surface area contributed by atoms with Crippen LogP contribution in [-0.4, -0.2) is 22.4 Å². The Labute approximate surface area is 106 Å². The Morgan fingerprint density at radius 2 is 2.14 bits per heavy atom. The second kappa shape index (κ2) is 5.27. The SMILES string of the molecule is CCOC(=O)Cn1nc(Br)c(Br)c1Br. The first-order valence-electron chi connectivity index (χ1n) is 3.79. The van der Waals surface area contributed by atoms with Crippen molar-refractivity contribution in [1.82, 2.24) is 9.78 Å². The third-order valence-electron chi connectivity index (χ3n) is 1.38. The molecule has 0 fully saturated rings. The molecule has 1 aromatic rings. The van der Waals surface area contributed by atoms with Gasteiger partial charge in [0.15, 0.2) is 0 Å². The highest BCUT2D eigenvalue weighted by Crippen LogP contribution is 2.30. The van der Waals surface area contributed by atoms with E-state index in [1.807, 2.05) is 0 Å². The maximum Gasteiger partial charge on any atom is 0.327 e. The summed E-state index contributed by atoms with van der Waals surface area (Å²) in [4.78, 5) is 11.2. The molecule has 1 rings (SSSR count). The predicted octanol–water partition coefficient (Wildman–Crippen LogP) is 2.73. The van der Waals surface area contributed by atoms with Crippen molar-refractivity contribution in [2.75, 3.05) is 6.61 Å². The van der Waals surface area contributed by atoms with Crippen molar-refractivity contribution >= 4 is 53.8 Å². The molecule has 0 saturated carbocycles. The summed E-state index contributed by atoms with van der Waals surface area (Å²) < 4.78 is 8.44. The minimum absolute atomic E-state index is 0.0959. The number of esters is 1. The summed E-state index contributed by atoms with van der Waals surface area (Å²) in [6.45, 7) is 2.24. The highest BCUT2D eigenvalue weighted by Gasteiger charge is 2.14. The van der Waals surface area contributed by atoms with E-state index in [1.54, 1.807) is 6.92 Å². The number of rotatable bonds is 3. The summed E-state index contributed by atoms with van der Waals surface area (Å²) in [5.41, 5.74) is 0. The van der Waals surface area contributed by atoms with E-state index in [4.69, 9.17) is 4.74 Å². The molecule has 0 amide bonds. The first-order chi connectivity index (χ1) is 6.56. The topological polar surface area (TPSA) is 44.1 Å². The van der Waals surface area contributed by atoms with Crippen LogP contribution in [0, 0.1) is 0 Å². The minimum atomic E-state index is -0.310. The van der Waals surface area contributed by atoms with Crippen LogP contribution in [0.5, 0.6) is 0 Å². The van der Waals surface area contributed by atoms with Crippen molar-refractivity contribution < 1.29 is 9.53 Å². The van der Waals surface area contributed by atoms with Crippen LogP contribution in [0.15, 0.2) is 13.7 Å². The second-order valence-corrected chi connectivity index (χ2v) is 4.65. The third kappa shape index (κ3) is 2.80. The molecule has 0 bridgehead atoms. The van der Waals surface area contributed by atoms with Gasteiger partial charge in [-0.15, -0.1) is 0 Å². The number of nitrogens with zero attached hydrogens (tertiary/aromatic N) is 2. The third-order valence-corrected chi connectivity index (χ3v) is 4.56. The molecule has 0 N–H and O–H groups in total. The second-order valence-electron chi connectivity index (χ2n) is 2.36. The average Bonchev–Trinajstić information content (AvgIpc) is 2.34. The van der Waals surface area contributed by atoms with Crippen LogP contribution in [0.2, 0.25) is 0 Å². The van der Waals surface area contributed by atoms with Gasteiger partial charge in [0, 0.05) is 0 Å². The Hall–Kier alpha value is 0.120. The molecule has 7 heteroatoms. The van der Waals surface area contributed by atoms with Gasteiger partial charge in [0.2, 0.25) is 0 Å². The van der Waals surface area contributed by atoms with Crippen LogP contribution in [0.25, 0.3) is 0 Å². The molecule has 0 atom stereocenters. The van der Waals surface area contributed by atoms with Crippen molar-refractivity contribution in [3.8, 4) is 0 Å². The van der Waals surface area contributed by atoms with E-state index in [9.17, 15) is 4.79 Å². The van der Waals surface area contributed by atoms with Gasteiger partial charge >= 0.3 is 5.97 Å². The summed E-state index contributed by atoms with van der Waals surface area (Å²) >= 11 is 9.83. The van der Waals surface area contributed by atoms with E-state index in [1.165, 1.54) is 4.68 Å². The van der Waals surface area contributed by atoms with Crippen LogP contribution < -0.4 is 0 Å². The molecule has 0 aliphatic heterocycles. The molecule has 0 aromatic carbocycles. The monoisotopic (exact) mass is 388 g/mol. The van der Waals surface area contributed by atoms with Gasteiger partial charge in [0.25, 0.3) is 0 Å². The lowest BCUT2D eigenvalue weighted by molar-refractivity contribution is -0.144. The first-order valence-corrected chi connectivity index (χ1v) is 6.17. The molecule has 1 heterocycles. The van der Waals surface area contributed by atoms with E-state index in [2.05, 4.69) is 52.9 Å². The smallest absolute Gasteiger partial charge is 0.327 e. The van der Waals surface area contributed by atoms with Gasteiger partial charge in [0.1, 0.15) is 15.8 Å². The molecule has 4 nitrogen and oxygen atoms in total. The number of hydrogen-bond donors (Lipinski definition) is 0. The molecule has 0 aliphatic carbocycles. The lowest BCUT2D eigenvalue weighted by Gasteiger charge is -2.02. The van der Waals surface area contributed by atoms with Gasteiger partial charge in [-0.3, -0.25) is 4.79 Å². The molecule has 1 aromatic heterocycles. The number of carbonyl (C=O) groups excluding carboxylic acids is 1. The molecular formula is C7H7Br3N2O2. The maximum absolute atomic E-state index is 11.2. The Kier molecular flexibility index (Phi) is 4.59. The number of hydrogen-bond acceptors (Lipinski definition) is 3. The molecule has 78 valence electrons. The standard InChI is InChI=1S/C7H7Br3N2O2/c1-2-14-4(13)3-12-7(10)5(8)6(9)11-12/h2-3H2,1H3. The summed E-state index contributed by atoms with van der Waals surface area (Å²) in [6, 6.07) is 0. The molecule has 0 spiro atoms. The summed E-state index contributed by atoms with van der Waals surface area (Å²) in [7, 11) is 0. The average molecular weight is 391 g/mol. The Morgan fingerprint density at radius 1 is 1.50 bits per heavy atom. The fraction of sp³-hybridized carbons (Fsp3) is 0.429. The van der Waals surface area contributed by atoms with Crippen molar-refractivity contribution in [2.24, 2.45) is 0 Å². The fourth-order valence-electron chi connectivity index (χ4n) is 0.826. The van der Waals surface area contributed by atoms with E-state index in [-0.39, 0.29) is 12.5 Å². The van der Waals surface area contributed by atoms with Gasteiger partial charge in [0.05, 0.1) is 11.1 Å². The lowest BCUT2D eigenvalue weighted by Crippen LogP contribution is -2.14. The number of halogens is 3. The van der Waals surface area contributed by atoms with Crippen LogP contribution in [0.1, 0.15) is 6.92 Å².